The van der Waals surface area contributed by atoms with E-state index in [4.69, 9.17) is 16.7 Å². The van der Waals surface area contributed by atoms with Gasteiger partial charge in [0, 0.05) is 6.20 Å². The van der Waals surface area contributed by atoms with E-state index in [-0.39, 0.29) is 11.8 Å². The van der Waals surface area contributed by atoms with Gasteiger partial charge in [-0.2, -0.15) is 0 Å². The number of nitrogens with zero attached hydrogens (tertiary/aromatic N) is 4. The highest BCUT2D eigenvalue weighted by atomic mass is 16.4. The summed E-state index contributed by atoms with van der Waals surface area (Å²) >= 11 is 0. The van der Waals surface area contributed by atoms with Gasteiger partial charge >= 0.3 is 0 Å². The largest absolute Gasteiger partial charge is 0.409 e. The molecule has 2 aromatic heterocycles. The van der Waals surface area contributed by atoms with Crippen molar-refractivity contribution in [3.63, 3.8) is 0 Å². The van der Waals surface area contributed by atoms with E-state index in [1.807, 2.05) is 32.9 Å². The standard InChI is InChI=1S/C15H20N6O/c1-9(2)15(3,14(17)21-22)10-4-5-11(18-6-10)12-7-20-13(16)8-19-12/h4-9,22H,1-3H3,(H2,16,20)(H2,17,21). The molecule has 0 aliphatic rings. The maximum absolute atomic E-state index is 9.05. The normalized spacial score (nSPS) is 14.8. The van der Waals surface area contributed by atoms with Gasteiger partial charge in [-0.25, -0.2) is 9.97 Å². The fraction of sp³-hybridized carbons (Fsp3) is 0.333. The number of aromatic nitrogens is 3. The second kappa shape index (κ2) is 5.97. The Labute approximate surface area is 129 Å². The van der Waals surface area contributed by atoms with E-state index >= 15 is 0 Å². The number of nitrogens with two attached hydrogens (primary N) is 2. The molecule has 0 spiro atoms. The van der Waals surface area contributed by atoms with Gasteiger partial charge < -0.3 is 16.7 Å². The van der Waals surface area contributed by atoms with Crippen molar-refractivity contribution in [2.75, 3.05) is 5.73 Å². The van der Waals surface area contributed by atoms with Gasteiger partial charge in [-0.15, -0.1) is 0 Å². The lowest BCUT2D eigenvalue weighted by Crippen LogP contribution is -2.43. The first-order valence-electron chi connectivity index (χ1n) is 6.92. The zero-order valence-corrected chi connectivity index (χ0v) is 12.9. The molecule has 0 aliphatic heterocycles. The second-order valence-electron chi connectivity index (χ2n) is 5.60. The molecule has 0 saturated carbocycles. The van der Waals surface area contributed by atoms with E-state index in [2.05, 4.69) is 20.1 Å². The molecule has 1 atom stereocenters. The van der Waals surface area contributed by atoms with Gasteiger partial charge in [0.2, 0.25) is 0 Å². The molecule has 1 unspecified atom stereocenters. The average molecular weight is 300 g/mol. The Balaban J connectivity index is 2.41. The topological polar surface area (TPSA) is 123 Å². The van der Waals surface area contributed by atoms with Crippen LogP contribution < -0.4 is 11.5 Å². The van der Waals surface area contributed by atoms with Crippen LogP contribution in [-0.4, -0.2) is 26.0 Å². The van der Waals surface area contributed by atoms with Gasteiger partial charge in [-0.3, -0.25) is 4.98 Å². The highest BCUT2D eigenvalue weighted by molar-refractivity contribution is 5.91. The summed E-state index contributed by atoms with van der Waals surface area (Å²) in [4.78, 5) is 12.6. The Kier molecular flexibility index (Phi) is 4.25. The predicted molar refractivity (Wildman–Crippen MR) is 85.3 cm³/mol. The first-order valence-corrected chi connectivity index (χ1v) is 6.92. The van der Waals surface area contributed by atoms with E-state index in [9.17, 15) is 0 Å². The van der Waals surface area contributed by atoms with Crippen molar-refractivity contribution in [1.82, 2.24) is 15.0 Å². The summed E-state index contributed by atoms with van der Waals surface area (Å²) < 4.78 is 0. The third-order valence-electron chi connectivity index (χ3n) is 4.09. The van der Waals surface area contributed by atoms with Crippen LogP contribution in [0.15, 0.2) is 35.9 Å². The van der Waals surface area contributed by atoms with Crippen molar-refractivity contribution in [1.29, 1.82) is 0 Å². The van der Waals surface area contributed by atoms with Crippen molar-refractivity contribution in [3.05, 3.63) is 36.3 Å². The molecule has 2 aromatic rings. The van der Waals surface area contributed by atoms with Gasteiger partial charge in [-0.05, 0) is 24.5 Å². The zero-order chi connectivity index (χ0) is 16.3. The minimum Gasteiger partial charge on any atom is -0.409 e. The van der Waals surface area contributed by atoms with Crippen molar-refractivity contribution < 1.29 is 5.21 Å². The van der Waals surface area contributed by atoms with Crippen LogP contribution in [0.5, 0.6) is 0 Å². The summed E-state index contributed by atoms with van der Waals surface area (Å²) in [6.07, 6.45) is 4.77. The Bertz CT molecular complexity index is 665. The maximum Gasteiger partial charge on any atom is 0.149 e. The third kappa shape index (κ3) is 2.69. The number of oxime groups is 1. The average Bonchev–Trinajstić information content (AvgIpc) is 2.54. The number of hydrogen-bond acceptors (Lipinski definition) is 6. The summed E-state index contributed by atoms with van der Waals surface area (Å²) in [5, 5.41) is 12.2. The minimum atomic E-state index is -0.604. The molecule has 0 aliphatic carbocycles. The number of pyridine rings is 1. The summed E-state index contributed by atoms with van der Waals surface area (Å²) in [5.41, 5.74) is 13.0. The molecule has 0 fully saturated rings. The van der Waals surface area contributed by atoms with Gasteiger partial charge in [-0.1, -0.05) is 25.1 Å². The van der Waals surface area contributed by atoms with Crippen molar-refractivity contribution >= 4 is 11.7 Å². The summed E-state index contributed by atoms with van der Waals surface area (Å²) in [7, 11) is 0. The van der Waals surface area contributed by atoms with Gasteiger partial charge in [0.05, 0.1) is 23.5 Å². The summed E-state index contributed by atoms with van der Waals surface area (Å²) in [6, 6.07) is 3.74. The number of nitrogen functional groups attached to an aromatic ring is 1. The molecule has 0 aromatic carbocycles. The first-order chi connectivity index (χ1) is 10.4. The molecule has 2 heterocycles. The van der Waals surface area contributed by atoms with Crippen LogP contribution >= 0.6 is 0 Å². The summed E-state index contributed by atoms with van der Waals surface area (Å²) in [6.45, 7) is 5.95. The molecule has 22 heavy (non-hydrogen) atoms. The van der Waals surface area contributed by atoms with Crippen LogP contribution in [0, 0.1) is 5.92 Å². The number of rotatable bonds is 4. The molecule has 5 N–H and O–H groups in total. The molecule has 0 amide bonds. The minimum absolute atomic E-state index is 0.132. The Morgan fingerprint density at radius 3 is 2.27 bits per heavy atom. The van der Waals surface area contributed by atoms with Gasteiger partial charge in [0.15, 0.2) is 0 Å². The highest BCUT2D eigenvalue weighted by Gasteiger charge is 2.35. The van der Waals surface area contributed by atoms with E-state index in [1.165, 1.54) is 6.20 Å². The number of hydrogen-bond donors (Lipinski definition) is 3. The molecule has 116 valence electrons. The van der Waals surface area contributed by atoms with Crippen LogP contribution in [-0.2, 0) is 5.41 Å². The SMILES string of the molecule is CC(C)C(C)(C(N)=NO)c1ccc(-c2cnc(N)cn2)nc1. The van der Waals surface area contributed by atoms with Gasteiger partial charge in [0.1, 0.15) is 17.3 Å². The van der Waals surface area contributed by atoms with Crippen molar-refractivity contribution in [2.24, 2.45) is 16.8 Å². The lowest BCUT2D eigenvalue weighted by atomic mass is 9.73. The number of amidine groups is 1. The third-order valence-corrected chi connectivity index (χ3v) is 4.09. The fourth-order valence-electron chi connectivity index (χ4n) is 2.20. The zero-order valence-electron chi connectivity index (χ0n) is 12.9. The van der Waals surface area contributed by atoms with E-state index < -0.39 is 5.41 Å². The molecular formula is C15H20N6O. The lowest BCUT2D eigenvalue weighted by molar-refractivity contribution is 0.306. The molecule has 0 bridgehead atoms. The molecule has 2 rings (SSSR count). The van der Waals surface area contributed by atoms with Crippen LogP contribution in [0.3, 0.4) is 0 Å². The monoisotopic (exact) mass is 300 g/mol. The van der Waals surface area contributed by atoms with Crippen LogP contribution in [0.1, 0.15) is 26.3 Å². The summed E-state index contributed by atoms with van der Waals surface area (Å²) in [5.74, 6) is 0.649. The maximum atomic E-state index is 9.05. The molecular weight excluding hydrogens is 280 g/mol. The molecule has 0 saturated heterocycles. The Hall–Kier alpha value is -2.70. The predicted octanol–water partition coefficient (Wildman–Crippen LogP) is 1.78. The molecule has 0 radical (unpaired) electrons. The molecule has 7 nitrogen and oxygen atoms in total. The molecule has 7 heteroatoms. The van der Waals surface area contributed by atoms with E-state index in [0.717, 1.165) is 5.56 Å². The van der Waals surface area contributed by atoms with Crippen LogP contribution in [0.2, 0.25) is 0 Å². The smallest absolute Gasteiger partial charge is 0.149 e. The van der Waals surface area contributed by atoms with Gasteiger partial charge in [0.25, 0.3) is 0 Å². The van der Waals surface area contributed by atoms with E-state index in [0.29, 0.717) is 17.2 Å². The highest BCUT2D eigenvalue weighted by Crippen LogP contribution is 2.32. The van der Waals surface area contributed by atoms with Crippen molar-refractivity contribution in [3.8, 4) is 11.4 Å². The van der Waals surface area contributed by atoms with Crippen molar-refractivity contribution in [2.45, 2.75) is 26.2 Å². The van der Waals surface area contributed by atoms with Crippen LogP contribution in [0.25, 0.3) is 11.4 Å². The van der Waals surface area contributed by atoms with E-state index in [1.54, 1.807) is 12.4 Å². The Morgan fingerprint density at radius 2 is 1.82 bits per heavy atom. The van der Waals surface area contributed by atoms with Crippen LogP contribution in [0.4, 0.5) is 5.82 Å². The lowest BCUT2D eigenvalue weighted by Gasteiger charge is -2.32. The Morgan fingerprint density at radius 1 is 1.14 bits per heavy atom. The first kappa shape index (κ1) is 15.7. The second-order valence-corrected chi connectivity index (χ2v) is 5.60. The number of anilines is 1. The fourth-order valence-corrected chi connectivity index (χ4v) is 2.20. The quantitative estimate of drug-likeness (QED) is 0.342.